The second kappa shape index (κ2) is 6.81. The third-order valence-corrected chi connectivity index (χ3v) is 3.27. The van der Waals surface area contributed by atoms with Gasteiger partial charge in [-0.05, 0) is 43.1 Å². The number of nitrogens with one attached hydrogen (secondary N) is 1. The van der Waals surface area contributed by atoms with Gasteiger partial charge in [-0.3, -0.25) is 4.98 Å². The van der Waals surface area contributed by atoms with E-state index in [1.54, 1.807) is 0 Å². The number of pyridine rings is 1. The summed E-state index contributed by atoms with van der Waals surface area (Å²) in [7, 11) is 0. The Bertz CT molecular complexity index is 639. The number of aliphatic carboxylic acids is 2. The summed E-state index contributed by atoms with van der Waals surface area (Å²) in [6.45, 7) is 1.15. The maximum atomic E-state index is 9.10. The van der Waals surface area contributed by atoms with Crippen LogP contribution in [-0.4, -0.2) is 33.7 Å². The van der Waals surface area contributed by atoms with Gasteiger partial charge in [0.1, 0.15) is 0 Å². The van der Waals surface area contributed by atoms with E-state index in [1.807, 2.05) is 12.3 Å². The van der Waals surface area contributed by atoms with Crippen LogP contribution < -0.4 is 5.32 Å². The van der Waals surface area contributed by atoms with Crippen molar-refractivity contribution in [1.82, 2.24) is 10.3 Å². The highest BCUT2D eigenvalue weighted by Crippen LogP contribution is 2.25. The Morgan fingerprint density at radius 3 is 2.57 bits per heavy atom. The monoisotopic (exact) mass is 288 g/mol. The highest BCUT2D eigenvalue weighted by Gasteiger charge is 2.15. The second-order valence-electron chi connectivity index (χ2n) is 4.71. The van der Waals surface area contributed by atoms with Gasteiger partial charge < -0.3 is 15.5 Å². The zero-order chi connectivity index (χ0) is 15.2. The fourth-order valence-electron chi connectivity index (χ4n) is 2.28. The van der Waals surface area contributed by atoms with Gasteiger partial charge in [0, 0.05) is 17.6 Å². The third-order valence-electron chi connectivity index (χ3n) is 3.27. The number of nitrogens with zero attached hydrogens (tertiary/aromatic N) is 1. The summed E-state index contributed by atoms with van der Waals surface area (Å²) in [6.07, 6.45) is 4.39. The number of carboxylic acids is 2. The Labute approximate surface area is 121 Å². The van der Waals surface area contributed by atoms with Gasteiger partial charge in [-0.25, -0.2) is 9.59 Å². The Kier molecular flexibility index (Phi) is 4.84. The van der Waals surface area contributed by atoms with Gasteiger partial charge in [0.15, 0.2) is 0 Å². The first-order valence-corrected chi connectivity index (χ1v) is 6.62. The van der Waals surface area contributed by atoms with Crippen molar-refractivity contribution in [1.29, 1.82) is 0 Å². The number of fused-ring (bicyclic) bond motifs is 1. The minimum absolute atomic E-state index is 0.551. The lowest BCUT2D eigenvalue weighted by molar-refractivity contribution is -0.159. The predicted octanol–water partition coefficient (Wildman–Crippen LogP) is 1.81. The summed E-state index contributed by atoms with van der Waals surface area (Å²) in [4.78, 5) is 22.5. The van der Waals surface area contributed by atoms with Crippen LogP contribution >= 0.6 is 0 Å². The molecule has 2 heterocycles. The standard InChI is InChI=1S/C13H14N2.C2H2O4/c1-3-10-9-11(12-4-2-8-14-12)5-6-13(10)15-7-1;3-1(4)2(5)6/h1,3,5-7,9,12,14H,2,4,8H2;(H,3,4)(H,5,6)/t12-;/m0./s1. The molecule has 6 heteroatoms. The number of rotatable bonds is 1. The van der Waals surface area contributed by atoms with Crippen LogP contribution in [0, 0.1) is 0 Å². The maximum absolute atomic E-state index is 9.10. The lowest BCUT2D eigenvalue weighted by Gasteiger charge is -2.10. The molecule has 0 radical (unpaired) electrons. The van der Waals surface area contributed by atoms with Crippen LogP contribution in [0.2, 0.25) is 0 Å². The lowest BCUT2D eigenvalue weighted by Crippen LogP contribution is -2.12. The fourth-order valence-corrected chi connectivity index (χ4v) is 2.28. The van der Waals surface area contributed by atoms with Gasteiger partial charge in [-0.15, -0.1) is 0 Å². The van der Waals surface area contributed by atoms with E-state index in [1.165, 1.54) is 23.8 Å². The first-order valence-electron chi connectivity index (χ1n) is 6.62. The van der Waals surface area contributed by atoms with E-state index >= 15 is 0 Å². The fraction of sp³-hybridized carbons (Fsp3) is 0.267. The van der Waals surface area contributed by atoms with Crippen molar-refractivity contribution in [2.24, 2.45) is 0 Å². The number of hydrogen-bond donors (Lipinski definition) is 3. The summed E-state index contributed by atoms with van der Waals surface area (Å²) >= 11 is 0. The van der Waals surface area contributed by atoms with E-state index in [9.17, 15) is 0 Å². The number of carbonyl (C=O) groups is 2. The SMILES string of the molecule is O=C(O)C(=O)O.c1cnc2ccc([C@@H]3CCCN3)cc2c1. The molecule has 1 aromatic carbocycles. The van der Waals surface area contributed by atoms with Crippen molar-refractivity contribution >= 4 is 22.8 Å². The van der Waals surface area contributed by atoms with E-state index in [0.717, 1.165) is 12.1 Å². The molecule has 1 saturated heterocycles. The molecule has 3 N–H and O–H groups in total. The summed E-state index contributed by atoms with van der Waals surface area (Å²) < 4.78 is 0. The molecule has 2 aromatic rings. The Morgan fingerprint density at radius 1 is 1.19 bits per heavy atom. The molecular weight excluding hydrogens is 272 g/mol. The molecule has 0 spiro atoms. The molecule has 0 saturated carbocycles. The molecule has 0 amide bonds. The number of hydrogen-bond acceptors (Lipinski definition) is 4. The zero-order valence-corrected chi connectivity index (χ0v) is 11.3. The van der Waals surface area contributed by atoms with Crippen molar-refractivity contribution < 1.29 is 19.8 Å². The van der Waals surface area contributed by atoms with Crippen LogP contribution in [0.15, 0.2) is 36.5 Å². The highest BCUT2D eigenvalue weighted by molar-refractivity contribution is 6.27. The molecule has 0 aliphatic carbocycles. The molecule has 0 bridgehead atoms. The van der Waals surface area contributed by atoms with E-state index < -0.39 is 11.9 Å². The van der Waals surface area contributed by atoms with Crippen LogP contribution in [0.1, 0.15) is 24.4 Å². The minimum Gasteiger partial charge on any atom is -0.473 e. The highest BCUT2D eigenvalue weighted by atomic mass is 16.4. The first kappa shape index (κ1) is 14.9. The number of benzene rings is 1. The average molecular weight is 288 g/mol. The Hall–Kier alpha value is -2.47. The van der Waals surface area contributed by atoms with Gasteiger partial charge in [0.25, 0.3) is 0 Å². The summed E-state index contributed by atoms with van der Waals surface area (Å²) in [5.74, 6) is -3.65. The molecule has 6 nitrogen and oxygen atoms in total. The molecule has 1 aliphatic rings. The number of aromatic nitrogens is 1. The zero-order valence-electron chi connectivity index (χ0n) is 11.3. The summed E-state index contributed by atoms with van der Waals surface area (Å²) in [5, 5.41) is 19.5. The van der Waals surface area contributed by atoms with Crippen LogP contribution in [0.25, 0.3) is 10.9 Å². The van der Waals surface area contributed by atoms with Crippen LogP contribution in [0.5, 0.6) is 0 Å². The third kappa shape index (κ3) is 4.00. The molecule has 1 fully saturated rings. The second-order valence-corrected chi connectivity index (χ2v) is 4.71. The summed E-state index contributed by atoms with van der Waals surface area (Å²) in [6, 6.07) is 11.2. The topological polar surface area (TPSA) is 99.5 Å². The van der Waals surface area contributed by atoms with E-state index in [4.69, 9.17) is 19.8 Å². The molecule has 0 unspecified atom stereocenters. The molecule has 3 rings (SSSR count). The summed E-state index contributed by atoms with van der Waals surface area (Å²) in [5.41, 5.74) is 2.48. The average Bonchev–Trinajstić information content (AvgIpc) is 3.01. The first-order chi connectivity index (χ1) is 10.1. The van der Waals surface area contributed by atoms with Crippen molar-refractivity contribution in [3.63, 3.8) is 0 Å². The van der Waals surface area contributed by atoms with Gasteiger partial charge in [0.05, 0.1) is 5.52 Å². The lowest BCUT2D eigenvalue weighted by atomic mass is 10.0. The van der Waals surface area contributed by atoms with Gasteiger partial charge in [-0.2, -0.15) is 0 Å². The Morgan fingerprint density at radius 2 is 1.95 bits per heavy atom. The van der Waals surface area contributed by atoms with Crippen molar-refractivity contribution in [3.05, 3.63) is 42.1 Å². The van der Waals surface area contributed by atoms with E-state index in [2.05, 4.69) is 34.6 Å². The van der Waals surface area contributed by atoms with Crippen LogP contribution in [0.3, 0.4) is 0 Å². The molecule has 21 heavy (non-hydrogen) atoms. The van der Waals surface area contributed by atoms with Gasteiger partial charge in [0.2, 0.25) is 0 Å². The molecular formula is C15H16N2O4. The number of carboxylic acid groups (broad SMARTS) is 2. The minimum atomic E-state index is -1.82. The smallest absolute Gasteiger partial charge is 0.414 e. The van der Waals surface area contributed by atoms with Gasteiger partial charge >= 0.3 is 11.9 Å². The van der Waals surface area contributed by atoms with Crippen molar-refractivity contribution in [2.75, 3.05) is 6.54 Å². The maximum Gasteiger partial charge on any atom is 0.414 e. The van der Waals surface area contributed by atoms with Crippen molar-refractivity contribution in [3.8, 4) is 0 Å². The van der Waals surface area contributed by atoms with Crippen molar-refractivity contribution in [2.45, 2.75) is 18.9 Å². The quantitative estimate of drug-likeness (QED) is 0.692. The predicted molar refractivity (Wildman–Crippen MR) is 77.0 cm³/mol. The van der Waals surface area contributed by atoms with Gasteiger partial charge in [-0.1, -0.05) is 12.1 Å². The Balaban J connectivity index is 0.000000232. The largest absolute Gasteiger partial charge is 0.473 e. The van der Waals surface area contributed by atoms with Crippen LogP contribution in [-0.2, 0) is 9.59 Å². The molecule has 1 atom stereocenters. The van der Waals surface area contributed by atoms with E-state index in [-0.39, 0.29) is 0 Å². The molecule has 1 aliphatic heterocycles. The normalized spacial score (nSPS) is 17.0. The molecule has 1 aromatic heterocycles. The van der Waals surface area contributed by atoms with Crippen LogP contribution in [0.4, 0.5) is 0 Å². The van der Waals surface area contributed by atoms with E-state index in [0.29, 0.717) is 6.04 Å². The molecule has 110 valence electrons.